The lowest BCUT2D eigenvalue weighted by molar-refractivity contribution is -0.116. The van der Waals surface area contributed by atoms with Crippen LogP contribution in [0.4, 0.5) is 0 Å². The van der Waals surface area contributed by atoms with E-state index in [0.717, 1.165) is 22.5 Å². The molecule has 0 spiro atoms. The summed E-state index contributed by atoms with van der Waals surface area (Å²) < 4.78 is 1.92. The lowest BCUT2D eigenvalue weighted by atomic mass is 10.1. The number of para-hydroxylation sites is 1. The lowest BCUT2D eigenvalue weighted by Gasteiger charge is -2.08. The fourth-order valence-electron chi connectivity index (χ4n) is 2.38. The third-order valence-electron chi connectivity index (χ3n) is 3.35. The third kappa shape index (κ3) is 2.92. The molecule has 3 aromatic rings. The number of nitrogens with zero attached hydrogens (tertiary/aromatic N) is 2. The normalized spacial score (nSPS) is 10.5. The van der Waals surface area contributed by atoms with Gasteiger partial charge in [0, 0.05) is 12.0 Å². The molecule has 0 saturated carbocycles. The molecule has 0 unspecified atom stereocenters. The van der Waals surface area contributed by atoms with Crippen molar-refractivity contribution < 1.29 is 4.79 Å². The number of hydrogen-bond donors (Lipinski definition) is 0. The first-order valence-corrected chi connectivity index (χ1v) is 6.92. The molecule has 0 bridgehead atoms. The second-order valence-corrected chi connectivity index (χ2v) is 5.04. The molecule has 0 atom stereocenters. The van der Waals surface area contributed by atoms with E-state index in [-0.39, 0.29) is 5.78 Å². The van der Waals surface area contributed by atoms with Crippen molar-refractivity contribution in [3.63, 3.8) is 0 Å². The molecule has 0 N–H and O–H groups in total. The number of carbonyl (C=O) groups excluding carboxylic acids is 1. The Labute approximate surface area is 123 Å². The fraction of sp³-hybridized carbons (Fsp3) is 0.111. The van der Waals surface area contributed by atoms with Gasteiger partial charge >= 0.3 is 0 Å². The van der Waals surface area contributed by atoms with Gasteiger partial charge < -0.3 is 0 Å². The van der Waals surface area contributed by atoms with Crippen LogP contribution < -0.4 is 0 Å². The third-order valence-corrected chi connectivity index (χ3v) is 3.35. The Morgan fingerprint density at radius 3 is 2.38 bits per heavy atom. The Morgan fingerprint density at radius 2 is 1.71 bits per heavy atom. The van der Waals surface area contributed by atoms with Gasteiger partial charge in [-0.2, -0.15) is 5.10 Å². The highest BCUT2D eigenvalue weighted by molar-refractivity contribution is 5.78. The number of rotatable bonds is 4. The van der Waals surface area contributed by atoms with E-state index < -0.39 is 0 Å². The van der Waals surface area contributed by atoms with Crippen molar-refractivity contribution in [3.8, 4) is 16.9 Å². The van der Waals surface area contributed by atoms with Crippen LogP contribution in [0.1, 0.15) is 12.5 Å². The Morgan fingerprint density at radius 1 is 1.00 bits per heavy atom. The van der Waals surface area contributed by atoms with Crippen molar-refractivity contribution in [1.29, 1.82) is 0 Å². The zero-order chi connectivity index (χ0) is 14.7. The van der Waals surface area contributed by atoms with Crippen molar-refractivity contribution in [3.05, 3.63) is 72.4 Å². The summed E-state index contributed by atoms with van der Waals surface area (Å²) >= 11 is 0. The van der Waals surface area contributed by atoms with Gasteiger partial charge in [0.1, 0.15) is 5.78 Å². The molecule has 1 heterocycles. The molecule has 3 heteroatoms. The second-order valence-electron chi connectivity index (χ2n) is 5.04. The van der Waals surface area contributed by atoms with E-state index in [1.807, 2.05) is 65.3 Å². The zero-order valence-electron chi connectivity index (χ0n) is 11.9. The smallest absolute Gasteiger partial charge is 0.134 e. The molecule has 104 valence electrons. The number of ketones is 1. The Bertz CT molecular complexity index is 742. The maximum atomic E-state index is 11.2. The highest BCUT2D eigenvalue weighted by atomic mass is 16.1. The van der Waals surface area contributed by atoms with E-state index in [2.05, 4.69) is 5.10 Å². The van der Waals surface area contributed by atoms with Gasteiger partial charge in [0.15, 0.2) is 0 Å². The number of carbonyl (C=O) groups is 1. The number of hydrogen-bond acceptors (Lipinski definition) is 2. The SMILES string of the molecule is CC(=O)Cc1ccc(-c2ccnn2-c2ccccc2)cc1. The summed E-state index contributed by atoms with van der Waals surface area (Å²) in [6.07, 6.45) is 2.28. The highest BCUT2D eigenvalue weighted by Crippen LogP contribution is 2.22. The molecule has 2 aromatic carbocycles. The highest BCUT2D eigenvalue weighted by Gasteiger charge is 2.07. The molecule has 0 amide bonds. The summed E-state index contributed by atoms with van der Waals surface area (Å²) in [5.41, 5.74) is 4.20. The Balaban J connectivity index is 1.95. The van der Waals surface area contributed by atoms with Crippen LogP contribution in [0, 0.1) is 0 Å². The molecular formula is C18H16N2O. The van der Waals surface area contributed by atoms with E-state index in [1.165, 1.54) is 0 Å². The first-order chi connectivity index (χ1) is 10.2. The monoisotopic (exact) mass is 276 g/mol. The van der Waals surface area contributed by atoms with Gasteiger partial charge in [-0.3, -0.25) is 4.79 Å². The average molecular weight is 276 g/mol. The average Bonchev–Trinajstić information content (AvgIpc) is 2.98. The minimum Gasteiger partial charge on any atom is -0.300 e. The topological polar surface area (TPSA) is 34.9 Å². The summed E-state index contributed by atoms with van der Waals surface area (Å²) in [5, 5.41) is 4.40. The van der Waals surface area contributed by atoms with Gasteiger partial charge in [0.05, 0.1) is 17.6 Å². The first-order valence-electron chi connectivity index (χ1n) is 6.92. The van der Waals surface area contributed by atoms with Crippen LogP contribution in [0.25, 0.3) is 16.9 Å². The van der Waals surface area contributed by atoms with E-state index in [0.29, 0.717) is 6.42 Å². The first kappa shape index (κ1) is 13.3. The van der Waals surface area contributed by atoms with Gasteiger partial charge in [-0.25, -0.2) is 4.68 Å². The molecule has 0 saturated heterocycles. The summed E-state index contributed by atoms with van der Waals surface area (Å²) in [6, 6.07) is 20.1. The van der Waals surface area contributed by atoms with Crippen LogP contribution in [0.15, 0.2) is 66.9 Å². The quantitative estimate of drug-likeness (QED) is 0.728. The van der Waals surface area contributed by atoms with Gasteiger partial charge in [-0.15, -0.1) is 0 Å². The maximum absolute atomic E-state index is 11.2. The van der Waals surface area contributed by atoms with Crippen molar-refractivity contribution in [2.75, 3.05) is 0 Å². The molecule has 0 aliphatic heterocycles. The molecule has 3 rings (SSSR count). The van der Waals surface area contributed by atoms with Crippen molar-refractivity contribution in [2.45, 2.75) is 13.3 Å². The Kier molecular flexibility index (Phi) is 3.65. The number of aromatic nitrogens is 2. The lowest BCUT2D eigenvalue weighted by Crippen LogP contribution is -1.99. The van der Waals surface area contributed by atoms with Crippen LogP contribution in [0.3, 0.4) is 0 Å². The minimum atomic E-state index is 0.178. The zero-order valence-corrected chi connectivity index (χ0v) is 11.9. The second kappa shape index (κ2) is 5.75. The van der Waals surface area contributed by atoms with Gasteiger partial charge in [0.2, 0.25) is 0 Å². The molecule has 21 heavy (non-hydrogen) atoms. The van der Waals surface area contributed by atoms with E-state index >= 15 is 0 Å². The molecule has 0 aliphatic carbocycles. The summed E-state index contributed by atoms with van der Waals surface area (Å²) in [5.74, 6) is 0.178. The van der Waals surface area contributed by atoms with Crippen molar-refractivity contribution >= 4 is 5.78 Å². The van der Waals surface area contributed by atoms with Gasteiger partial charge in [-0.1, -0.05) is 42.5 Å². The largest absolute Gasteiger partial charge is 0.300 e. The molecule has 3 nitrogen and oxygen atoms in total. The van der Waals surface area contributed by atoms with Crippen LogP contribution >= 0.6 is 0 Å². The predicted octanol–water partition coefficient (Wildman–Crippen LogP) is 3.67. The number of benzene rings is 2. The fourth-order valence-corrected chi connectivity index (χ4v) is 2.38. The minimum absolute atomic E-state index is 0.178. The predicted molar refractivity (Wildman–Crippen MR) is 83.4 cm³/mol. The van der Waals surface area contributed by atoms with Gasteiger partial charge in [-0.05, 0) is 30.7 Å². The van der Waals surface area contributed by atoms with E-state index in [4.69, 9.17) is 0 Å². The van der Waals surface area contributed by atoms with E-state index in [9.17, 15) is 4.79 Å². The summed E-state index contributed by atoms with van der Waals surface area (Å²) in [7, 11) is 0. The summed E-state index contributed by atoms with van der Waals surface area (Å²) in [4.78, 5) is 11.2. The Hall–Kier alpha value is -2.68. The summed E-state index contributed by atoms with van der Waals surface area (Å²) in [6.45, 7) is 1.61. The molecular weight excluding hydrogens is 260 g/mol. The van der Waals surface area contributed by atoms with Crippen molar-refractivity contribution in [2.24, 2.45) is 0 Å². The van der Waals surface area contributed by atoms with E-state index in [1.54, 1.807) is 13.1 Å². The van der Waals surface area contributed by atoms with Crippen molar-refractivity contribution in [1.82, 2.24) is 9.78 Å². The molecule has 0 fully saturated rings. The van der Waals surface area contributed by atoms with Crippen LogP contribution in [-0.2, 0) is 11.2 Å². The van der Waals surface area contributed by atoms with Crippen LogP contribution in [0.5, 0.6) is 0 Å². The molecule has 0 radical (unpaired) electrons. The van der Waals surface area contributed by atoms with Gasteiger partial charge in [0.25, 0.3) is 0 Å². The van der Waals surface area contributed by atoms with Crippen LogP contribution in [-0.4, -0.2) is 15.6 Å². The molecule has 1 aromatic heterocycles. The molecule has 0 aliphatic rings. The van der Waals surface area contributed by atoms with Crippen LogP contribution in [0.2, 0.25) is 0 Å². The number of Topliss-reactive ketones (excluding diaryl/α,β-unsaturated/α-hetero) is 1. The maximum Gasteiger partial charge on any atom is 0.134 e. The standard InChI is InChI=1S/C18H16N2O/c1-14(21)13-15-7-9-16(10-8-15)18-11-12-19-20(18)17-5-3-2-4-6-17/h2-12H,13H2,1H3.